The third-order valence-electron chi connectivity index (χ3n) is 3.39. The van der Waals surface area contributed by atoms with Crippen LogP contribution in [0.2, 0.25) is 0 Å². The van der Waals surface area contributed by atoms with Crippen molar-refractivity contribution >= 4 is 5.91 Å². The Balaban J connectivity index is 2.49. The van der Waals surface area contributed by atoms with E-state index in [1.165, 1.54) is 0 Å². The lowest BCUT2D eigenvalue weighted by Crippen LogP contribution is -2.51. The molecule has 1 aliphatic rings. The van der Waals surface area contributed by atoms with Crippen molar-refractivity contribution in [2.24, 2.45) is 5.41 Å². The molecule has 0 radical (unpaired) electrons. The molecule has 1 heterocycles. The number of rotatable bonds is 5. The molecule has 0 aromatic rings. The number of aliphatic hydroxyl groups excluding tert-OH is 1. The number of carbonyl (C=O) groups is 1. The Kier molecular flexibility index (Phi) is 5.27. The molecule has 2 atom stereocenters. The van der Waals surface area contributed by atoms with Crippen LogP contribution in [-0.4, -0.2) is 43.2 Å². The van der Waals surface area contributed by atoms with E-state index in [9.17, 15) is 13.6 Å². The quantitative estimate of drug-likeness (QED) is 0.666. The number of hydrogen-bond donors (Lipinski definition) is 3. The Morgan fingerprint density at radius 1 is 1.59 bits per heavy atom. The number of amides is 1. The standard InChI is InChI=1S/C11H20F2N2O2/c1-2-11(4-3-5-14-7-11)10(17)15-6-8(16)9(12)13/h8-9,14,16H,2-7H2,1H3,(H,15,17). The van der Waals surface area contributed by atoms with Gasteiger partial charge in [0.25, 0.3) is 6.43 Å². The predicted octanol–water partition coefficient (Wildman–Crippen LogP) is 0.508. The van der Waals surface area contributed by atoms with Gasteiger partial charge in [-0.1, -0.05) is 6.92 Å². The number of nitrogens with one attached hydrogen (secondary N) is 2. The van der Waals surface area contributed by atoms with Crippen LogP contribution in [0, 0.1) is 5.41 Å². The van der Waals surface area contributed by atoms with E-state index in [4.69, 9.17) is 5.11 Å². The summed E-state index contributed by atoms with van der Waals surface area (Å²) < 4.78 is 24.2. The SMILES string of the molecule is CCC1(C(=O)NCC(O)C(F)F)CCCNC1. The average molecular weight is 250 g/mol. The van der Waals surface area contributed by atoms with Crippen molar-refractivity contribution in [3.8, 4) is 0 Å². The van der Waals surface area contributed by atoms with Gasteiger partial charge in [-0.05, 0) is 25.8 Å². The van der Waals surface area contributed by atoms with Gasteiger partial charge < -0.3 is 15.7 Å². The van der Waals surface area contributed by atoms with E-state index in [1.54, 1.807) is 0 Å². The second-order valence-electron chi connectivity index (χ2n) is 4.53. The van der Waals surface area contributed by atoms with Crippen molar-refractivity contribution in [2.45, 2.75) is 38.7 Å². The summed E-state index contributed by atoms with van der Waals surface area (Å²) in [5.74, 6) is -0.244. The summed E-state index contributed by atoms with van der Waals surface area (Å²) in [6, 6.07) is 0. The average Bonchev–Trinajstić information content (AvgIpc) is 2.36. The van der Waals surface area contributed by atoms with E-state index in [0.29, 0.717) is 13.0 Å². The molecular weight excluding hydrogens is 230 g/mol. The Labute approximate surface area is 99.8 Å². The molecule has 0 aromatic heterocycles. The molecule has 0 bridgehead atoms. The first kappa shape index (κ1) is 14.3. The molecule has 1 aliphatic heterocycles. The maximum atomic E-state index is 12.1. The van der Waals surface area contributed by atoms with Crippen LogP contribution in [-0.2, 0) is 4.79 Å². The Hall–Kier alpha value is -0.750. The molecule has 1 fully saturated rings. The molecule has 1 saturated heterocycles. The highest BCUT2D eigenvalue weighted by atomic mass is 19.3. The summed E-state index contributed by atoms with van der Waals surface area (Å²) in [5.41, 5.74) is -0.514. The minimum atomic E-state index is -2.82. The largest absolute Gasteiger partial charge is 0.385 e. The molecule has 100 valence electrons. The van der Waals surface area contributed by atoms with Crippen molar-refractivity contribution in [2.75, 3.05) is 19.6 Å². The van der Waals surface area contributed by atoms with E-state index in [-0.39, 0.29) is 5.91 Å². The fraction of sp³-hybridized carbons (Fsp3) is 0.909. The van der Waals surface area contributed by atoms with Crippen molar-refractivity contribution in [3.63, 3.8) is 0 Å². The zero-order valence-corrected chi connectivity index (χ0v) is 10.0. The van der Waals surface area contributed by atoms with Gasteiger partial charge in [-0.15, -0.1) is 0 Å². The highest BCUT2D eigenvalue weighted by Crippen LogP contribution is 2.30. The van der Waals surface area contributed by atoms with E-state index in [0.717, 1.165) is 19.4 Å². The molecule has 0 saturated carbocycles. The van der Waals surface area contributed by atoms with Gasteiger partial charge in [-0.2, -0.15) is 0 Å². The number of alkyl halides is 2. The van der Waals surface area contributed by atoms with Gasteiger partial charge in [-0.3, -0.25) is 4.79 Å². The molecule has 1 rings (SSSR count). The van der Waals surface area contributed by atoms with Gasteiger partial charge in [0.05, 0.1) is 5.41 Å². The lowest BCUT2D eigenvalue weighted by molar-refractivity contribution is -0.133. The van der Waals surface area contributed by atoms with Crippen LogP contribution in [0.5, 0.6) is 0 Å². The minimum absolute atomic E-state index is 0.244. The lowest BCUT2D eigenvalue weighted by Gasteiger charge is -2.35. The molecule has 2 unspecified atom stereocenters. The Morgan fingerprint density at radius 2 is 2.29 bits per heavy atom. The second kappa shape index (κ2) is 6.26. The number of carbonyl (C=O) groups excluding carboxylic acids is 1. The smallest absolute Gasteiger partial charge is 0.265 e. The lowest BCUT2D eigenvalue weighted by atomic mass is 9.77. The van der Waals surface area contributed by atoms with Crippen molar-refractivity contribution in [1.29, 1.82) is 0 Å². The molecular formula is C11H20F2N2O2. The van der Waals surface area contributed by atoms with Gasteiger partial charge in [0.1, 0.15) is 6.10 Å². The number of piperidine rings is 1. The molecule has 0 spiro atoms. The maximum Gasteiger partial charge on any atom is 0.265 e. The first-order valence-corrected chi connectivity index (χ1v) is 5.97. The van der Waals surface area contributed by atoms with E-state index < -0.39 is 24.5 Å². The van der Waals surface area contributed by atoms with Gasteiger partial charge in [0, 0.05) is 13.1 Å². The van der Waals surface area contributed by atoms with Crippen LogP contribution < -0.4 is 10.6 Å². The molecule has 3 N–H and O–H groups in total. The van der Waals surface area contributed by atoms with Crippen molar-refractivity contribution < 1.29 is 18.7 Å². The zero-order valence-electron chi connectivity index (χ0n) is 10.0. The highest BCUT2D eigenvalue weighted by molar-refractivity contribution is 5.83. The number of aliphatic hydroxyl groups is 1. The molecule has 0 aromatic carbocycles. The van der Waals surface area contributed by atoms with Crippen molar-refractivity contribution in [1.82, 2.24) is 10.6 Å². The first-order chi connectivity index (χ1) is 8.02. The zero-order chi connectivity index (χ0) is 12.9. The number of hydrogen-bond acceptors (Lipinski definition) is 3. The third kappa shape index (κ3) is 3.61. The summed E-state index contributed by atoms with van der Waals surface area (Å²) in [7, 11) is 0. The number of halogens is 2. The predicted molar refractivity (Wildman–Crippen MR) is 59.8 cm³/mol. The van der Waals surface area contributed by atoms with Crippen LogP contribution in [0.1, 0.15) is 26.2 Å². The molecule has 1 amide bonds. The first-order valence-electron chi connectivity index (χ1n) is 5.97. The van der Waals surface area contributed by atoms with Crippen LogP contribution in [0.4, 0.5) is 8.78 Å². The van der Waals surface area contributed by atoms with Crippen LogP contribution >= 0.6 is 0 Å². The Bertz CT molecular complexity index is 256. The van der Waals surface area contributed by atoms with E-state index >= 15 is 0 Å². The summed E-state index contributed by atoms with van der Waals surface area (Å²) in [6.45, 7) is 2.98. The third-order valence-corrected chi connectivity index (χ3v) is 3.39. The second-order valence-corrected chi connectivity index (χ2v) is 4.53. The van der Waals surface area contributed by atoms with Gasteiger partial charge in [0.2, 0.25) is 5.91 Å². The van der Waals surface area contributed by atoms with Crippen LogP contribution in [0.15, 0.2) is 0 Å². The van der Waals surface area contributed by atoms with E-state index in [2.05, 4.69) is 10.6 Å². The van der Waals surface area contributed by atoms with Crippen molar-refractivity contribution in [3.05, 3.63) is 0 Å². The summed E-state index contributed by atoms with van der Waals surface area (Å²) in [5, 5.41) is 14.5. The summed E-state index contributed by atoms with van der Waals surface area (Å²) >= 11 is 0. The maximum absolute atomic E-state index is 12.1. The minimum Gasteiger partial charge on any atom is -0.385 e. The summed E-state index contributed by atoms with van der Waals surface area (Å²) in [4.78, 5) is 12.0. The molecule has 6 heteroatoms. The van der Waals surface area contributed by atoms with E-state index in [1.807, 2.05) is 6.92 Å². The van der Waals surface area contributed by atoms with Crippen LogP contribution in [0.25, 0.3) is 0 Å². The highest BCUT2D eigenvalue weighted by Gasteiger charge is 2.38. The topological polar surface area (TPSA) is 61.4 Å². The molecule has 17 heavy (non-hydrogen) atoms. The Morgan fingerprint density at radius 3 is 2.76 bits per heavy atom. The van der Waals surface area contributed by atoms with Gasteiger partial charge in [0.15, 0.2) is 0 Å². The fourth-order valence-electron chi connectivity index (χ4n) is 2.10. The molecule has 4 nitrogen and oxygen atoms in total. The molecule has 0 aliphatic carbocycles. The fourth-order valence-corrected chi connectivity index (χ4v) is 2.10. The normalized spacial score (nSPS) is 26.9. The summed E-state index contributed by atoms with van der Waals surface area (Å²) in [6.07, 6.45) is -2.29. The van der Waals surface area contributed by atoms with Crippen LogP contribution in [0.3, 0.4) is 0 Å². The van der Waals surface area contributed by atoms with Gasteiger partial charge in [-0.25, -0.2) is 8.78 Å². The van der Waals surface area contributed by atoms with Gasteiger partial charge >= 0.3 is 0 Å². The monoisotopic (exact) mass is 250 g/mol.